The van der Waals surface area contributed by atoms with Gasteiger partial charge in [-0.3, -0.25) is 9.59 Å². The summed E-state index contributed by atoms with van der Waals surface area (Å²) in [6, 6.07) is 14.8. The van der Waals surface area contributed by atoms with E-state index in [0.717, 1.165) is 36.0 Å². The summed E-state index contributed by atoms with van der Waals surface area (Å²) in [5.74, 6) is -0.0575. The second kappa shape index (κ2) is 11.2. The van der Waals surface area contributed by atoms with Crippen molar-refractivity contribution in [1.29, 1.82) is 0 Å². The minimum Gasteiger partial charge on any atom is -0.497 e. The monoisotopic (exact) mass is 471 g/mol. The van der Waals surface area contributed by atoms with Crippen LogP contribution in [0.25, 0.3) is 17.0 Å². The van der Waals surface area contributed by atoms with Crippen LogP contribution >= 0.6 is 0 Å². The third-order valence-electron chi connectivity index (χ3n) is 5.74. The first kappa shape index (κ1) is 23.8. The van der Waals surface area contributed by atoms with Gasteiger partial charge in [0.2, 0.25) is 0 Å². The number of hydrogen-bond acceptors (Lipinski definition) is 4. The van der Waals surface area contributed by atoms with Crippen molar-refractivity contribution in [2.45, 2.75) is 26.4 Å². The third-order valence-corrected chi connectivity index (χ3v) is 5.74. The van der Waals surface area contributed by atoms with E-state index in [4.69, 9.17) is 4.74 Å². The van der Waals surface area contributed by atoms with Gasteiger partial charge in [-0.2, -0.15) is 0 Å². The molecule has 0 fully saturated rings. The summed E-state index contributed by atoms with van der Waals surface area (Å²) >= 11 is 0. The van der Waals surface area contributed by atoms with Gasteiger partial charge in [0.1, 0.15) is 11.4 Å². The van der Waals surface area contributed by atoms with Crippen molar-refractivity contribution in [2.75, 3.05) is 13.7 Å². The van der Waals surface area contributed by atoms with Gasteiger partial charge in [0.05, 0.1) is 13.4 Å². The molecular weight excluding hydrogens is 442 g/mol. The molecule has 0 saturated heterocycles. The first-order valence-electron chi connectivity index (χ1n) is 11.6. The number of carbonyl (C=O) groups excluding carboxylic acids is 2. The van der Waals surface area contributed by atoms with Gasteiger partial charge < -0.3 is 24.5 Å². The molecule has 8 nitrogen and oxygen atoms in total. The van der Waals surface area contributed by atoms with E-state index in [-0.39, 0.29) is 17.5 Å². The number of benzene rings is 2. The zero-order valence-electron chi connectivity index (χ0n) is 19.9. The number of rotatable bonds is 10. The lowest BCUT2D eigenvalue weighted by molar-refractivity contribution is -0.117. The van der Waals surface area contributed by atoms with E-state index >= 15 is 0 Å². The molecule has 0 aliphatic rings. The minimum absolute atomic E-state index is 0.187. The molecule has 0 spiro atoms. The SMILES string of the molecule is CCn1cc(C=C(NC(=O)c2ccc(OC)cc2)C(=O)NCCCn2ccnc2)c2ccccc21. The molecule has 8 heteroatoms. The molecule has 0 atom stereocenters. The Balaban J connectivity index is 1.57. The van der Waals surface area contributed by atoms with Gasteiger partial charge in [-0.15, -0.1) is 0 Å². The number of amides is 2. The van der Waals surface area contributed by atoms with Gasteiger partial charge in [-0.25, -0.2) is 4.98 Å². The normalized spacial score (nSPS) is 11.4. The van der Waals surface area contributed by atoms with E-state index < -0.39 is 0 Å². The van der Waals surface area contributed by atoms with Crippen LogP contribution in [0.2, 0.25) is 0 Å². The average molecular weight is 472 g/mol. The Morgan fingerprint density at radius 3 is 2.63 bits per heavy atom. The Kier molecular flexibility index (Phi) is 7.62. The Morgan fingerprint density at radius 1 is 1.11 bits per heavy atom. The third kappa shape index (κ3) is 5.78. The molecule has 2 amide bonds. The highest BCUT2D eigenvalue weighted by molar-refractivity contribution is 6.06. The van der Waals surface area contributed by atoms with Crippen LogP contribution in [0.15, 0.2) is 79.1 Å². The van der Waals surface area contributed by atoms with Crippen molar-refractivity contribution in [3.63, 3.8) is 0 Å². The average Bonchev–Trinajstić information content (AvgIpc) is 3.54. The molecule has 0 radical (unpaired) electrons. The first-order valence-corrected chi connectivity index (χ1v) is 11.6. The lowest BCUT2D eigenvalue weighted by Gasteiger charge is -2.12. The Labute approximate surface area is 204 Å². The summed E-state index contributed by atoms with van der Waals surface area (Å²) in [7, 11) is 1.57. The maximum atomic E-state index is 13.1. The fraction of sp³-hybridized carbons (Fsp3) is 0.222. The molecule has 35 heavy (non-hydrogen) atoms. The highest BCUT2D eigenvalue weighted by Gasteiger charge is 2.16. The zero-order valence-corrected chi connectivity index (χ0v) is 19.9. The predicted octanol–water partition coefficient (Wildman–Crippen LogP) is 3.84. The van der Waals surface area contributed by atoms with E-state index in [9.17, 15) is 9.59 Å². The number of nitrogens with one attached hydrogen (secondary N) is 2. The summed E-state index contributed by atoms with van der Waals surface area (Å²) in [4.78, 5) is 30.1. The fourth-order valence-corrected chi connectivity index (χ4v) is 3.88. The summed E-state index contributed by atoms with van der Waals surface area (Å²) < 4.78 is 9.24. The largest absolute Gasteiger partial charge is 0.497 e. The summed E-state index contributed by atoms with van der Waals surface area (Å²) in [6.07, 6.45) is 9.81. The Bertz CT molecular complexity index is 1320. The predicted molar refractivity (Wildman–Crippen MR) is 136 cm³/mol. The van der Waals surface area contributed by atoms with Gasteiger partial charge in [-0.05, 0) is 49.8 Å². The lowest BCUT2D eigenvalue weighted by Crippen LogP contribution is -2.35. The number of hydrogen-bond donors (Lipinski definition) is 2. The zero-order chi connectivity index (χ0) is 24.6. The number of fused-ring (bicyclic) bond motifs is 1. The van der Waals surface area contributed by atoms with Gasteiger partial charge in [0.25, 0.3) is 11.8 Å². The van der Waals surface area contributed by atoms with Crippen LogP contribution in [0, 0.1) is 0 Å². The molecule has 4 rings (SSSR count). The van der Waals surface area contributed by atoms with Gasteiger partial charge in [0, 0.05) is 60.3 Å². The first-order chi connectivity index (χ1) is 17.1. The van der Waals surface area contributed by atoms with Crippen LogP contribution in [-0.2, 0) is 17.9 Å². The number of aromatic nitrogens is 3. The molecule has 0 aliphatic heterocycles. The van der Waals surface area contributed by atoms with E-state index in [2.05, 4.69) is 27.1 Å². The van der Waals surface area contributed by atoms with Crippen molar-refractivity contribution in [3.8, 4) is 5.75 Å². The number of ether oxygens (including phenoxy) is 1. The van der Waals surface area contributed by atoms with Crippen molar-refractivity contribution < 1.29 is 14.3 Å². The van der Waals surface area contributed by atoms with Gasteiger partial charge in [0.15, 0.2) is 0 Å². The minimum atomic E-state index is -0.369. The van der Waals surface area contributed by atoms with E-state index in [0.29, 0.717) is 17.9 Å². The number of aryl methyl sites for hydroxylation is 2. The maximum absolute atomic E-state index is 13.1. The summed E-state index contributed by atoms with van der Waals surface area (Å²) in [6.45, 7) is 4.06. The molecule has 0 aliphatic carbocycles. The number of nitrogens with zero attached hydrogens (tertiary/aromatic N) is 3. The second-order valence-corrected chi connectivity index (χ2v) is 8.04. The van der Waals surface area contributed by atoms with Crippen molar-refractivity contribution in [3.05, 3.63) is 90.3 Å². The quantitative estimate of drug-likeness (QED) is 0.272. The summed E-state index contributed by atoms with van der Waals surface area (Å²) in [5, 5.41) is 6.75. The van der Waals surface area contributed by atoms with E-state index in [1.54, 1.807) is 50.0 Å². The molecule has 2 heterocycles. The van der Waals surface area contributed by atoms with Crippen LogP contribution in [0.1, 0.15) is 29.3 Å². The van der Waals surface area contributed by atoms with Crippen LogP contribution < -0.4 is 15.4 Å². The van der Waals surface area contributed by atoms with Crippen LogP contribution in [-0.4, -0.2) is 39.6 Å². The number of methoxy groups -OCH3 is 1. The Morgan fingerprint density at radius 2 is 1.91 bits per heavy atom. The van der Waals surface area contributed by atoms with Crippen molar-refractivity contribution in [2.24, 2.45) is 0 Å². The molecule has 0 unspecified atom stereocenters. The van der Waals surface area contributed by atoms with E-state index in [1.807, 2.05) is 41.2 Å². The smallest absolute Gasteiger partial charge is 0.267 e. The number of carbonyl (C=O) groups is 2. The van der Waals surface area contributed by atoms with Gasteiger partial charge >= 0.3 is 0 Å². The maximum Gasteiger partial charge on any atom is 0.267 e. The molecular formula is C27H29N5O3. The van der Waals surface area contributed by atoms with E-state index in [1.165, 1.54) is 0 Å². The molecule has 180 valence electrons. The molecule has 0 bridgehead atoms. The van der Waals surface area contributed by atoms with Crippen molar-refractivity contribution >= 4 is 28.8 Å². The topological polar surface area (TPSA) is 90.2 Å². The summed E-state index contributed by atoms with van der Waals surface area (Å²) in [5.41, 5.74) is 2.55. The Hall–Kier alpha value is -4.33. The molecule has 2 aromatic heterocycles. The molecule has 2 aromatic carbocycles. The van der Waals surface area contributed by atoms with Gasteiger partial charge in [-0.1, -0.05) is 18.2 Å². The lowest BCUT2D eigenvalue weighted by atomic mass is 10.1. The number of para-hydroxylation sites is 1. The highest BCUT2D eigenvalue weighted by atomic mass is 16.5. The van der Waals surface area contributed by atoms with Crippen LogP contribution in [0.3, 0.4) is 0 Å². The van der Waals surface area contributed by atoms with Crippen molar-refractivity contribution in [1.82, 2.24) is 24.8 Å². The second-order valence-electron chi connectivity index (χ2n) is 8.04. The molecule has 2 N–H and O–H groups in total. The molecule has 0 saturated carbocycles. The number of imidazole rings is 1. The molecule has 4 aromatic rings. The van der Waals surface area contributed by atoms with Crippen LogP contribution in [0.5, 0.6) is 5.75 Å². The fourth-order valence-electron chi connectivity index (χ4n) is 3.88. The van der Waals surface area contributed by atoms with Crippen LogP contribution in [0.4, 0.5) is 0 Å². The standard InChI is InChI=1S/C27H29N5O3/c1-3-32-18-21(23-7-4-5-8-25(23)32)17-24(27(34)29-13-6-15-31-16-14-28-19-31)30-26(33)20-9-11-22(35-2)12-10-20/h4-5,7-12,14,16-19H,3,6,13,15H2,1-2H3,(H,29,34)(H,30,33). The highest BCUT2D eigenvalue weighted by Crippen LogP contribution is 2.23.